The molecular weight excluding hydrogens is 331 g/mol. The van der Waals surface area contributed by atoms with Gasteiger partial charge < -0.3 is 0 Å². The molecule has 128 valence electrons. The zero-order valence-corrected chi connectivity index (χ0v) is 15.3. The smallest absolute Gasteiger partial charge is 0.240 e. The molecule has 0 bridgehead atoms. The Morgan fingerprint density at radius 1 is 1.04 bits per heavy atom. The summed E-state index contributed by atoms with van der Waals surface area (Å²) in [5, 5.41) is 4.94. The summed E-state index contributed by atoms with van der Waals surface area (Å²) in [7, 11) is 0. The van der Waals surface area contributed by atoms with E-state index >= 15 is 0 Å². The van der Waals surface area contributed by atoms with Crippen LogP contribution in [0.25, 0.3) is 0 Å². The van der Waals surface area contributed by atoms with Crippen LogP contribution < -0.4 is 5.43 Å². The first-order valence-corrected chi connectivity index (χ1v) is 9.16. The van der Waals surface area contributed by atoms with Crippen molar-refractivity contribution in [2.24, 2.45) is 5.10 Å². The molecule has 0 aliphatic heterocycles. The molecule has 1 rings (SSSR count). The lowest BCUT2D eigenvalue weighted by Crippen LogP contribution is -2.16. The highest BCUT2D eigenvalue weighted by molar-refractivity contribution is 6.38. The van der Waals surface area contributed by atoms with Gasteiger partial charge in [0.25, 0.3) is 0 Å². The molecule has 0 atom stereocenters. The van der Waals surface area contributed by atoms with E-state index in [1.807, 2.05) is 0 Å². The van der Waals surface area contributed by atoms with Crippen molar-refractivity contribution in [1.82, 2.24) is 5.43 Å². The molecular formula is C18H26Cl2N2O. The van der Waals surface area contributed by atoms with Gasteiger partial charge in [-0.3, -0.25) is 4.79 Å². The van der Waals surface area contributed by atoms with E-state index in [4.69, 9.17) is 23.2 Å². The van der Waals surface area contributed by atoms with Crippen LogP contribution in [0.15, 0.2) is 23.3 Å². The van der Waals surface area contributed by atoms with Crippen LogP contribution >= 0.6 is 23.2 Å². The third-order valence-electron chi connectivity index (χ3n) is 3.64. The van der Waals surface area contributed by atoms with Gasteiger partial charge in [-0.15, -0.1) is 0 Å². The monoisotopic (exact) mass is 356 g/mol. The highest BCUT2D eigenvalue weighted by Gasteiger charge is 2.03. The maximum atomic E-state index is 11.7. The van der Waals surface area contributed by atoms with Gasteiger partial charge in [0.15, 0.2) is 0 Å². The summed E-state index contributed by atoms with van der Waals surface area (Å²) in [6.07, 6.45) is 11.7. The van der Waals surface area contributed by atoms with Gasteiger partial charge in [0.2, 0.25) is 5.91 Å². The largest absolute Gasteiger partial charge is 0.273 e. The second-order valence-corrected chi connectivity index (χ2v) is 6.47. The Labute approximate surface area is 149 Å². The predicted molar refractivity (Wildman–Crippen MR) is 99.4 cm³/mol. The Morgan fingerprint density at radius 2 is 1.61 bits per heavy atom. The molecule has 23 heavy (non-hydrogen) atoms. The summed E-state index contributed by atoms with van der Waals surface area (Å²) < 4.78 is 0. The first-order chi connectivity index (χ1) is 11.1. The van der Waals surface area contributed by atoms with Crippen LogP contribution in [0.2, 0.25) is 10.0 Å². The number of hydrogen-bond acceptors (Lipinski definition) is 2. The van der Waals surface area contributed by atoms with E-state index in [0.717, 1.165) is 12.8 Å². The number of unbranched alkanes of at least 4 members (excludes halogenated alkanes) is 7. The lowest BCUT2D eigenvalue weighted by Gasteiger charge is -2.02. The number of halogens is 2. The standard InChI is InChI=1S/C18H26Cl2N2O/c1-2-3-4-5-6-7-8-9-13-18(23)22-21-14-15-16(19)11-10-12-17(15)20/h10-12,14H,2-9,13H2,1H3,(H,22,23). The molecule has 1 amide bonds. The van der Waals surface area contributed by atoms with Crippen molar-refractivity contribution in [3.05, 3.63) is 33.8 Å². The summed E-state index contributed by atoms with van der Waals surface area (Å²) >= 11 is 12.0. The van der Waals surface area contributed by atoms with Crippen LogP contribution in [0.5, 0.6) is 0 Å². The summed E-state index contributed by atoms with van der Waals surface area (Å²) in [5.41, 5.74) is 3.13. The Hall–Kier alpha value is -1.06. The number of hydrogen-bond donors (Lipinski definition) is 1. The number of carbonyl (C=O) groups is 1. The normalized spacial score (nSPS) is 11.1. The van der Waals surface area contributed by atoms with Gasteiger partial charge in [-0.25, -0.2) is 5.43 Å². The Kier molecular flexibility index (Phi) is 10.8. The third kappa shape index (κ3) is 8.97. The molecule has 0 spiro atoms. The molecule has 0 saturated heterocycles. The molecule has 0 radical (unpaired) electrons. The molecule has 0 fully saturated rings. The summed E-state index contributed by atoms with van der Waals surface area (Å²) in [5.74, 6) is -0.0737. The van der Waals surface area contributed by atoms with Crippen molar-refractivity contribution < 1.29 is 4.79 Å². The van der Waals surface area contributed by atoms with Gasteiger partial charge in [-0.05, 0) is 18.6 Å². The SMILES string of the molecule is CCCCCCCCCCC(=O)NN=Cc1c(Cl)cccc1Cl. The first kappa shape index (κ1) is 20.0. The Morgan fingerprint density at radius 3 is 2.22 bits per heavy atom. The number of benzene rings is 1. The number of nitrogens with one attached hydrogen (secondary N) is 1. The summed E-state index contributed by atoms with van der Waals surface area (Å²) in [4.78, 5) is 11.7. The maximum Gasteiger partial charge on any atom is 0.240 e. The summed E-state index contributed by atoms with van der Waals surface area (Å²) in [6.45, 7) is 2.22. The van der Waals surface area contributed by atoms with Crippen molar-refractivity contribution in [1.29, 1.82) is 0 Å². The van der Waals surface area contributed by atoms with Crippen molar-refractivity contribution in [2.75, 3.05) is 0 Å². The molecule has 0 unspecified atom stereocenters. The number of nitrogens with zero attached hydrogens (tertiary/aromatic N) is 1. The predicted octanol–water partition coefficient (Wildman–Crippen LogP) is 5.97. The van der Waals surface area contributed by atoms with E-state index in [2.05, 4.69) is 17.5 Å². The zero-order chi connectivity index (χ0) is 16.9. The molecule has 0 aliphatic carbocycles. The molecule has 0 aliphatic rings. The minimum Gasteiger partial charge on any atom is -0.273 e. The van der Waals surface area contributed by atoms with Crippen molar-refractivity contribution in [2.45, 2.75) is 64.7 Å². The van der Waals surface area contributed by atoms with Gasteiger partial charge in [0, 0.05) is 12.0 Å². The highest BCUT2D eigenvalue weighted by Crippen LogP contribution is 2.22. The second-order valence-electron chi connectivity index (χ2n) is 5.65. The van der Waals surface area contributed by atoms with Gasteiger partial charge in [-0.1, -0.05) is 81.1 Å². The number of carbonyl (C=O) groups excluding carboxylic acids is 1. The fraction of sp³-hybridized carbons (Fsp3) is 0.556. The second kappa shape index (κ2) is 12.4. The van der Waals surface area contributed by atoms with Crippen LogP contribution in [-0.2, 0) is 4.79 Å². The van der Waals surface area contributed by atoms with Gasteiger partial charge in [0.05, 0.1) is 16.3 Å². The number of rotatable bonds is 11. The average Bonchev–Trinajstić information content (AvgIpc) is 2.53. The molecule has 0 aromatic heterocycles. The van der Waals surface area contributed by atoms with E-state index < -0.39 is 0 Å². The Bertz CT molecular complexity index is 484. The number of amides is 1. The van der Waals surface area contributed by atoms with Crippen LogP contribution in [-0.4, -0.2) is 12.1 Å². The van der Waals surface area contributed by atoms with E-state index in [1.165, 1.54) is 44.7 Å². The average molecular weight is 357 g/mol. The topological polar surface area (TPSA) is 41.5 Å². The van der Waals surface area contributed by atoms with Crippen LogP contribution in [0.1, 0.15) is 70.3 Å². The minimum absolute atomic E-state index is 0.0737. The maximum absolute atomic E-state index is 11.7. The van der Waals surface area contributed by atoms with E-state index in [-0.39, 0.29) is 5.91 Å². The van der Waals surface area contributed by atoms with Crippen molar-refractivity contribution in [3.63, 3.8) is 0 Å². The zero-order valence-electron chi connectivity index (χ0n) is 13.8. The van der Waals surface area contributed by atoms with E-state index in [0.29, 0.717) is 22.0 Å². The molecule has 5 heteroatoms. The lowest BCUT2D eigenvalue weighted by molar-refractivity contribution is -0.121. The molecule has 0 heterocycles. The molecule has 1 N–H and O–H groups in total. The third-order valence-corrected chi connectivity index (χ3v) is 4.30. The van der Waals surface area contributed by atoms with Crippen molar-refractivity contribution in [3.8, 4) is 0 Å². The fourth-order valence-corrected chi connectivity index (χ4v) is 2.77. The van der Waals surface area contributed by atoms with Gasteiger partial charge in [0.1, 0.15) is 0 Å². The van der Waals surface area contributed by atoms with Crippen LogP contribution in [0.3, 0.4) is 0 Å². The minimum atomic E-state index is -0.0737. The van der Waals surface area contributed by atoms with Crippen molar-refractivity contribution >= 4 is 35.3 Å². The van der Waals surface area contributed by atoms with Crippen LogP contribution in [0, 0.1) is 0 Å². The fourth-order valence-electron chi connectivity index (χ4n) is 2.28. The Balaban J connectivity index is 2.14. The molecule has 3 nitrogen and oxygen atoms in total. The van der Waals surface area contributed by atoms with Crippen LogP contribution in [0.4, 0.5) is 0 Å². The quantitative estimate of drug-likeness (QED) is 0.296. The highest BCUT2D eigenvalue weighted by atomic mass is 35.5. The van der Waals surface area contributed by atoms with E-state index in [9.17, 15) is 4.79 Å². The first-order valence-electron chi connectivity index (χ1n) is 8.41. The van der Waals surface area contributed by atoms with E-state index in [1.54, 1.807) is 18.2 Å². The molecule has 0 saturated carbocycles. The molecule has 1 aromatic carbocycles. The summed E-state index contributed by atoms with van der Waals surface area (Å²) in [6, 6.07) is 5.23. The lowest BCUT2D eigenvalue weighted by atomic mass is 10.1. The molecule has 1 aromatic rings. The number of hydrazone groups is 1. The van der Waals surface area contributed by atoms with Gasteiger partial charge >= 0.3 is 0 Å². The van der Waals surface area contributed by atoms with Gasteiger partial charge in [-0.2, -0.15) is 5.10 Å².